The van der Waals surface area contributed by atoms with Crippen LogP contribution in [0.5, 0.6) is 0 Å². The first-order valence-corrected chi connectivity index (χ1v) is 8.45. The van der Waals surface area contributed by atoms with Crippen molar-refractivity contribution in [2.45, 2.75) is 20.3 Å². The number of piperazine rings is 1. The van der Waals surface area contributed by atoms with E-state index in [2.05, 4.69) is 34.7 Å². The lowest BCUT2D eigenvalue weighted by Gasteiger charge is -2.33. The minimum atomic E-state index is -3.05. The van der Waals surface area contributed by atoms with Gasteiger partial charge in [0.05, 0.1) is 0 Å². The largest absolute Gasteiger partial charge is 0.301 e. The smallest absolute Gasteiger partial charge is 0.224 e. The standard InChI is InChI=1S/C10H21BrN2O2S/c1-10(2)3-4-12-5-7-13(8-6-12)16(14,15)9-11/h10H,3-9H2,1-2H3. The quantitative estimate of drug-likeness (QED) is 0.719. The van der Waals surface area contributed by atoms with Crippen molar-refractivity contribution in [1.29, 1.82) is 0 Å². The molecule has 1 saturated heterocycles. The Morgan fingerprint density at radius 2 is 1.75 bits per heavy atom. The number of halogens is 1. The van der Waals surface area contributed by atoms with Gasteiger partial charge in [-0.1, -0.05) is 29.8 Å². The predicted molar refractivity (Wildman–Crippen MR) is 70.2 cm³/mol. The van der Waals surface area contributed by atoms with Crippen LogP contribution in [0.3, 0.4) is 0 Å². The van der Waals surface area contributed by atoms with Crippen LogP contribution >= 0.6 is 15.9 Å². The van der Waals surface area contributed by atoms with Gasteiger partial charge in [0.2, 0.25) is 10.0 Å². The Morgan fingerprint density at radius 1 is 1.19 bits per heavy atom. The van der Waals surface area contributed by atoms with Gasteiger partial charge in [0.15, 0.2) is 0 Å². The van der Waals surface area contributed by atoms with Crippen molar-refractivity contribution in [3.63, 3.8) is 0 Å². The van der Waals surface area contributed by atoms with E-state index < -0.39 is 10.0 Å². The molecule has 1 heterocycles. The molecule has 1 rings (SSSR count). The van der Waals surface area contributed by atoms with Crippen molar-refractivity contribution >= 4 is 26.0 Å². The molecule has 0 bridgehead atoms. The second-order valence-electron chi connectivity index (χ2n) is 4.64. The van der Waals surface area contributed by atoms with E-state index >= 15 is 0 Å². The van der Waals surface area contributed by atoms with Crippen LogP contribution in [0, 0.1) is 5.92 Å². The third-order valence-corrected chi connectivity index (χ3v) is 6.05. The lowest BCUT2D eigenvalue weighted by atomic mass is 10.1. The average molecular weight is 313 g/mol. The summed E-state index contributed by atoms with van der Waals surface area (Å²) in [5.74, 6) is 0.712. The fraction of sp³-hybridized carbons (Fsp3) is 1.00. The van der Waals surface area contributed by atoms with E-state index in [9.17, 15) is 8.42 Å². The van der Waals surface area contributed by atoms with E-state index in [1.54, 1.807) is 4.31 Å². The van der Waals surface area contributed by atoms with Gasteiger partial charge in [-0.3, -0.25) is 0 Å². The molecule has 0 unspecified atom stereocenters. The highest BCUT2D eigenvalue weighted by molar-refractivity contribution is 9.10. The molecule has 6 heteroatoms. The van der Waals surface area contributed by atoms with E-state index in [-0.39, 0.29) is 4.66 Å². The molecule has 0 radical (unpaired) electrons. The molecule has 0 amide bonds. The first-order valence-electron chi connectivity index (χ1n) is 5.72. The Bertz CT molecular complexity index is 298. The maximum atomic E-state index is 11.6. The van der Waals surface area contributed by atoms with Crippen molar-refractivity contribution in [3.8, 4) is 0 Å². The summed E-state index contributed by atoms with van der Waals surface area (Å²) in [6.45, 7) is 8.49. The van der Waals surface area contributed by atoms with Gasteiger partial charge >= 0.3 is 0 Å². The molecule has 96 valence electrons. The molecule has 0 atom stereocenters. The summed E-state index contributed by atoms with van der Waals surface area (Å²) in [5.41, 5.74) is 0. The summed E-state index contributed by atoms with van der Waals surface area (Å²) in [6, 6.07) is 0. The van der Waals surface area contributed by atoms with Gasteiger partial charge in [-0.05, 0) is 18.9 Å². The van der Waals surface area contributed by atoms with Crippen molar-refractivity contribution in [2.24, 2.45) is 5.92 Å². The number of rotatable bonds is 5. The molecule has 0 N–H and O–H groups in total. The first-order chi connectivity index (χ1) is 7.45. The van der Waals surface area contributed by atoms with E-state index in [0.29, 0.717) is 19.0 Å². The molecule has 16 heavy (non-hydrogen) atoms. The molecular weight excluding hydrogens is 292 g/mol. The Balaban J connectivity index is 2.34. The molecule has 1 aliphatic rings. The Labute approximate surface area is 107 Å². The zero-order valence-electron chi connectivity index (χ0n) is 10.0. The molecule has 4 nitrogen and oxygen atoms in total. The van der Waals surface area contributed by atoms with Crippen LogP contribution < -0.4 is 0 Å². The second-order valence-corrected chi connectivity index (χ2v) is 7.92. The summed E-state index contributed by atoms with van der Waals surface area (Å²) < 4.78 is 24.8. The average Bonchev–Trinajstić information content (AvgIpc) is 2.27. The van der Waals surface area contributed by atoms with Crippen molar-refractivity contribution in [1.82, 2.24) is 9.21 Å². The lowest BCUT2D eigenvalue weighted by Crippen LogP contribution is -2.49. The van der Waals surface area contributed by atoms with Gasteiger partial charge in [-0.2, -0.15) is 4.31 Å². The normalized spacial score (nSPS) is 20.5. The Morgan fingerprint density at radius 3 is 2.19 bits per heavy atom. The Kier molecular flexibility index (Phi) is 5.70. The van der Waals surface area contributed by atoms with Gasteiger partial charge in [0.25, 0.3) is 0 Å². The molecule has 1 aliphatic heterocycles. The highest BCUT2D eigenvalue weighted by Crippen LogP contribution is 2.11. The van der Waals surface area contributed by atoms with Crippen LogP contribution in [0.25, 0.3) is 0 Å². The first kappa shape index (κ1) is 14.4. The molecule has 0 aromatic rings. The number of hydrogen-bond acceptors (Lipinski definition) is 3. The summed E-state index contributed by atoms with van der Waals surface area (Å²) >= 11 is 3.03. The highest BCUT2D eigenvalue weighted by atomic mass is 79.9. The van der Waals surface area contributed by atoms with Crippen LogP contribution in [0.4, 0.5) is 0 Å². The van der Waals surface area contributed by atoms with Crippen LogP contribution in [-0.2, 0) is 10.0 Å². The van der Waals surface area contributed by atoms with Gasteiger partial charge in [-0.25, -0.2) is 8.42 Å². The molecule has 0 spiro atoms. The number of hydrogen-bond donors (Lipinski definition) is 0. The van der Waals surface area contributed by atoms with Crippen LogP contribution in [0.2, 0.25) is 0 Å². The zero-order chi connectivity index (χ0) is 12.2. The number of alkyl halides is 1. The maximum absolute atomic E-state index is 11.6. The molecule has 0 aromatic carbocycles. The molecule has 0 aromatic heterocycles. The van der Waals surface area contributed by atoms with Crippen molar-refractivity contribution < 1.29 is 8.42 Å². The minimum absolute atomic E-state index is 0.0337. The Hall–Kier alpha value is 0.350. The highest BCUT2D eigenvalue weighted by Gasteiger charge is 2.25. The third kappa shape index (κ3) is 4.31. The SMILES string of the molecule is CC(C)CCN1CCN(S(=O)(=O)CBr)CC1. The summed E-state index contributed by atoms with van der Waals surface area (Å²) in [6.07, 6.45) is 1.19. The van der Waals surface area contributed by atoms with Gasteiger partial charge < -0.3 is 4.90 Å². The van der Waals surface area contributed by atoms with E-state index in [1.807, 2.05) is 0 Å². The zero-order valence-corrected chi connectivity index (χ0v) is 12.4. The monoisotopic (exact) mass is 312 g/mol. The van der Waals surface area contributed by atoms with E-state index in [1.165, 1.54) is 6.42 Å². The molecule has 1 fully saturated rings. The van der Waals surface area contributed by atoms with Gasteiger partial charge in [0.1, 0.15) is 4.66 Å². The van der Waals surface area contributed by atoms with Gasteiger partial charge in [-0.15, -0.1) is 0 Å². The topological polar surface area (TPSA) is 40.6 Å². The summed E-state index contributed by atoms with van der Waals surface area (Å²) in [4.78, 5) is 2.35. The van der Waals surface area contributed by atoms with Crippen LogP contribution in [-0.4, -0.2) is 55.0 Å². The van der Waals surface area contributed by atoms with Crippen molar-refractivity contribution in [3.05, 3.63) is 0 Å². The summed E-state index contributed by atoms with van der Waals surface area (Å²) in [5, 5.41) is 0. The molecular formula is C10H21BrN2O2S. The number of sulfonamides is 1. The maximum Gasteiger partial charge on any atom is 0.224 e. The van der Waals surface area contributed by atoms with Crippen molar-refractivity contribution in [2.75, 3.05) is 37.4 Å². The fourth-order valence-corrected chi connectivity index (χ4v) is 3.47. The third-order valence-electron chi connectivity index (χ3n) is 2.89. The predicted octanol–water partition coefficient (Wildman–Crippen LogP) is 1.33. The second kappa shape index (κ2) is 6.33. The van der Waals surface area contributed by atoms with E-state index in [4.69, 9.17) is 0 Å². The lowest BCUT2D eigenvalue weighted by molar-refractivity contribution is 0.181. The van der Waals surface area contributed by atoms with Crippen LogP contribution in [0.15, 0.2) is 0 Å². The van der Waals surface area contributed by atoms with E-state index in [0.717, 1.165) is 19.6 Å². The summed E-state index contributed by atoms with van der Waals surface area (Å²) in [7, 11) is -3.05. The molecule has 0 saturated carbocycles. The fourth-order valence-electron chi connectivity index (χ4n) is 1.74. The van der Waals surface area contributed by atoms with Crippen LogP contribution in [0.1, 0.15) is 20.3 Å². The van der Waals surface area contributed by atoms with Gasteiger partial charge in [0, 0.05) is 26.2 Å². The number of nitrogens with zero attached hydrogens (tertiary/aromatic N) is 2. The molecule has 0 aliphatic carbocycles. The minimum Gasteiger partial charge on any atom is -0.301 e.